The first-order valence-electron chi connectivity index (χ1n) is 6.09. The van der Waals surface area contributed by atoms with Gasteiger partial charge in [-0.15, -0.1) is 0 Å². The fraction of sp³-hybridized carbons (Fsp3) is 0.818. The van der Waals surface area contributed by atoms with E-state index in [1.807, 2.05) is 6.92 Å². The summed E-state index contributed by atoms with van der Waals surface area (Å²) in [5, 5.41) is 8.53. The van der Waals surface area contributed by atoms with Gasteiger partial charge in [0.05, 0.1) is 13.2 Å². The van der Waals surface area contributed by atoms with Gasteiger partial charge in [0.25, 0.3) is 0 Å². The van der Waals surface area contributed by atoms with E-state index in [0.717, 1.165) is 6.42 Å². The Hall–Kier alpha value is -1.14. The van der Waals surface area contributed by atoms with Crippen LogP contribution in [0.15, 0.2) is 0 Å². The highest BCUT2D eigenvalue weighted by atomic mass is 16.5. The van der Waals surface area contributed by atoms with Crippen LogP contribution >= 0.6 is 0 Å². The normalized spacial score (nSPS) is 19.7. The van der Waals surface area contributed by atoms with Crippen LogP contribution in [-0.4, -0.2) is 50.7 Å². The maximum atomic E-state index is 11.6. The van der Waals surface area contributed by atoms with Crippen molar-refractivity contribution in [3.05, 3.63) is 0 Å². The summed E-state index contributed by atoms with van der Waals surface area (Å²) in [4.78, 5) is 22.9. The van der Waals surface area contributed by atoms with Gasteiger partial charge in [0.15, 0.2) is 0 Å². The SMILES string of the molecule is CCCNC(=O)CCNC(=O)C1COCCN1. The number of morpholine rings is 1. The summed E-state index contributed by atoms with van der Waals surface area (Å²) in [5.74, 6) is -0.131. The van der Waals surface area contributed by atoms with Crippen molar-refractivity contribution in [2.24, 2.45) is 0 Å². The molecule has 1 saturated heterocycles. The highest BCUT2D eigenvalue weighted by molar-refractivity contribution is 5.83. The van der Waals surface area contributed by atoms with Gasteiger partial charge >= 0.3 is 0 Å². The molecule has 17 heavy (non-hydrogen) atoms. The summed E-state index contributed by atoms with van der Waals surface area (Å²) < 4.78 is 5.18. The summed E-state index contributed by atoms with van der Waals surface area (Å²) in [7, 11) is 0. The van der Waals surface area contributed by atoms with E-state index in [9.17, 15) is 9.59 Å². The molecule has 0 aromatic carbocycles. The lowest BCUT2D eigenvalue weighted by Crippen LogP contribution is -2.51. The van der Waals surface area contributed by atoms with Crippen LogP contribution in [0, 0.1) is 0 Å². The fourth-order valence-electron chi connectivity index (χ4n) is 1.51. The van der Waals surface area contributed by atoms with Crippen molar-refractivity contribution in [1.29, 1.82) is 0 Å². The molecule has 0 saturated carbocycles. The van der Waals surface area contributed by atoms with Crippen LogP contribution in [-0.2, 0) is 14.3 Å². The van der Waals surface area contributed by atoms with Crippen molar-refractivity contribution in [3.8, 4) is 0 Å². The van der Waals surface area contributed by atoms with Crippen LogP contribution in [0.1, 0.15) is 19.8 Å². The summed E-state index contributed by atoms with van der Waals surface area (Å²) in [6.07, 6.45) is 1.24. The molecule has 1 aliphatic rings. The lowest BCUT2D eigenvalue weighted by molar-refractivity contribution is -0.126. The highest BCUT2D eigenvalue weighted by Gasteiger charge is 2.20. The number of rotatable bonds is 6. The highest BCUT2D eigenvalue weighted by Crippen LogP contribution is 1.92. The minimum Gasteiger partial charge on any atom is -0.378 e. The number of nitrogens with one attached hydrogen (secondary N) is 3. The van der Waals surface area contributed by atoms with Crippen molar-refractivity contribution in [1.82, 2.24) is 16.0 Å². The average Bonchev–Trinajstić information content (AvgIpc) is 2.37. The lowest BCUT2D eigenvalue weighted by atomic mass is 10.2. The molecule has 6 heteroatoms. The Morgan fingerprint density at radius 2 is 2.18 bits per heavy atom. The Morgan fingerprint density at radius 1 is 1.35 bits per heavy atom. The third kappa shape index (κ3) is 5.65. The van der Waals surface area contributed by atoms with Crippen LogP contribution in [0.2, 0.25) is 0 Å². The Kier molecular flexibility index (Phi) is 6.57. The first kappa shape index (κ1) is 13.9. The Balaban J connectivity index is 2.08. The number of ether oxygens (including phenoxy) is 1. The topological polar surface area (TPSA) is 79.5 Å². The minimum absolute atomic E-state index is 0.0278. The van der Waals surface area contributed by atoms with Gasteiger partial charge in [0.1, 0.15) is 6.04 Å². The van der Waals surface area contributed by atoms with Gasteiger partial charge in [-0.3, -0.25) is 9.59 Å². The molecule has 3 N–H and O–H groups in total. The zero-order valence-electron chi connectivity index (χ0n) is 10.3. The maximum absolute atomic E-state index is 11.6. The molecule has 0 aromatic rings. The van der Waals surface area contributed by atoms with E-state index >= 15 is 0 Å². The van der Waals surface area contributed by atoms with E-state index < -0.39 is 0 Å². The van der Waals surface area contributed by atoms with Crippen molar-refractivity contribution in [2.45, 2.75) is 25.8 Å². The third-order valence-electron chi connectivity index (χ3n) is 2.46. The summed E-state index contributed by atoms with van der Waals surface area (Å²) in [5.41, 5.74) is 0. The molecular formula is C11H21N3O3. The molecule has 0 aliphatic carbocycles. The molecule has 1 heterocycles. The van der Waals surface area contributed by atoms with Crippen LogP contribution in [0.3, 0.4) is 0 Å². The van der Waals surface area contributed by atoms with Crippen LogP contribution in [0.4, 0.5) is 0 Å². The van der Waals surface area contributed by atoms with Gasteiger partial charge in [-0.05, 0) is 6.42 Å². The molecule has 6 nitrogen and oxygen atoms in total. The van der Waals surface area contributed by atoms with Gasteiger partial charge in [-0.2, -0.15) is 0 Å². The van der Waals surface area contributed by atoms with E-state index in [2.05, 4.69) is 16.0 Å². The van der Waals surface area contributed by atoms with Gasteiger partial charge in [0.2, 0.25) is 11.8 Å². The maximum Gasteiger partial charge on any atom is 0.239 e. The molecule has 0 bridgehead atoms. The van der Waals surface area contributed by atoms with Crippen molar-refractivity contribution >= 4 is 11.8 Å². The largest absolute Gasteiger partial charge is 0.378 e. The van der Waals surface area contributed by atoms with E-state index in [1.54, 1.807) is 0 Å². The monoisotopic (exact) mass is 243 g/mol. The predicted molar refractivity (Wildman–Crippen MR) is 63.5 cm³/mol. The molecular weight excluding hydrogens is 222 g/mol. The third-order valence-corrected chi connectivity index (χ3v) is 2.46. The standard InChI is InChI=1S/C11H21N3O3/c1-2-4-13-10(15)3-5-14-11(16)9-8-17-7-6-12-9/h9,12H,2-8H2,1H3,(H,13,15)(H,14,16). The molecule has 1 atom stereocenters. The van der Waals surface area contributed by atoms with Crippen molar-refractivity contribution < 1.29 is 14.3 Å². The second kappa shape index (κ2) is 8.03. The van der Waals surface area contributed by atoms with E-state index in [4.69, 9.17) is 4.74 Å². The number of hydrogen-bond acceptors (Lipinski definition) is 4. The molecule has 2 amide bonds. The zero-order chi connectivity index (χ0) is 12.5. The van der Waals surface area contributed by atoms with E-state index in [1.165, 1.54) is 0 Å². The Morgan fingerprint density at radius 3 is 2.82 bits per heavy atom. The number of amides is 2. The number of carbonyl (C=O) groups is 2. The number of hydrogen-bond donors (Lipinski definition) is 3. The Labute approximate surface area is 101 Å². The van der Waals surface area contributed by atoms with Gasteiger partial charge in [0, 0.05) is 26.1 Å². The molecule has 0 spiro atoms. The van der Waals surface area contributed by atoms with Crippen LogP contribution in [0.25, 0.3) is 0 Å². The molecule has 98 valence electrons. The quantitative estimate of drug-likeness (QED) is 0.559. The first-order valence-corrected chi connectivity index (χ1v) is 6.09. The van der Waals surface area contributed by atoms with E-state index in [0.29, 0.717) is 39.3 Å². The summed E-state index contributed by atoms with van der Waals surface area (Å²) in [6.45, 7) is 4.78. The van der Waals surface area contributed by atoms with E-state index in [-0.39, 0.29) is 17.9 Å². The van der Waals surface area contributed by atoms with Crippen molar-refractivity contribution in [2.75, 3.05) is 32.8 Å². The van der Waals surface area contributed by atoms with Crippen LogP contribution in [0.5, 0.6) is 0 Å². The van der Waals surface area contributed by atoms with Gasteiger partial charge in [-0.1, -0.05) is 6.92 Å². The molecule has 0 radical (unpaired) electrons. The molecule has 0 aromatic heterocycles. The Bertz CT molecular complexity index is 252. The minimum atomic E-state index is -0.289. The smallest absolute Gasteiger partial charge is 0.239 e. The molecule has 1 fully saturated rings. The first-order chi connectivity index (χ1) is 8.24. The van der Waals surface area contributed by atoms with Crippen LogP contribution < -0.4 is 16.0 Å². The average molecular weight is 243 g/mol. The molecule has 1 aliphatic heterocycles. The second-order valence-electron chi connectivity index (χ2n) is 3.97. The second-order valence-corrected chi connectivity index (χ2v) is 3.97. The summed E-state index contributed by atoms with van der Waals surface area (Å²) >= 11 is 0. The fourth-order valence-corrected chi connectivity index (χ4v) is 1.51. The van der Waals surface area contributed by atoms with Crippen molar-refractivity contribution in [3.63, 3.8) is 0 Å². The van der Waals surface area contributed by atoms with Gasteiger partial charge in [-0.25, -0.2) is 0 Å². The molecule has 1 unspecified atom stereocenters. The predicted octanol–water partition coefficient (Wildman–Crippen LogP) is -0.993. The number of carbonyl (C=O) groups excluding carboxylic acids is 2. The summed E-state index contributed by atoms with van der Waals surface area (Å²) in [6, 6.07) is -0.289. The lowest BCUT2D eigenvalue weighted by Gasteiger charge is -2.22. The zero-order valence-corrected chi connectivity index (χ0v) is 10.3. The van der Waals surface area contributed by atoms with Gasteiger partial charge < -0.3 is 20.7 Å². The molecule has 1 rings (SSSR count).